The third kappa shape index (κ3) is 5.61. The summed E-state index contributed by atoms with van der Waals surface area (Å²) in [4.78, 5) is 26.8. The summed E-state index contributed by atoms with van der Waals surface area (Å²) in [6, 6.07) is 40.3. The maximum Gasteiger partial charge on any atom is 0.332 e. The molecule has 0 atom stereocenters. The lowest BCUT2D eigenvalue weighted by molar-refractivity contribution is 0.245. The molecule has 0 unspecified atom stereocenters. The number of nitrogens with one attached hydrogen (secondary N) is 1. The van der Waals surface area contributed by atoms with E-state index in [0.717, 1.165) is 38.0 Å². The van der Waals surface area contributed by atoms with Crippen molar-refractivity contribution < 1.29 is 4.79 Å². The Morgan fingerprint density at radius 1 is 0.658 bits per heavy atom. The number of nitrogens with zero attached hydrogens (tertiary/aromatic N) is 1. The van der Waals surface area contributed by atoms with Crippen LogP contribution in [-0.2, 0) is 0 Å². The molecule has 0 saturated carbocycles. The largest absolute Gasteiger partial charge is 0.332 e. The lowest BCUT2D eigenvalue weighted by atomic mass is 9.96. The van der Waals surface area contributed by atoms with E-state index in [2.05, 4.69) is 5.32 Å². The molecule has 38 heavy (non-hydrogen) atoms. The van der Waals surface area contributed by atoms with E-state index in [4.69, 9.17) is 0 Å². The van der Waals surface area contributed by atoms with Crippen LogP contribution in [0.25, 0.3) is 33.9 Å². The SMILES string of the molecule is O=C(N/C=C/C(=C/c1ccccc1)c1ccccc1)n1ccc(-c2ccccc2)c(-c2ccccc2)c1=O. The number of hydrogen-bond donors (Lipinski definition) is 1. The molecule has 1 N–H and O–H groups in total. The Kier molecular flexibility index (Phi) is 7.52. The number of pyridine rings is 1. The van der Waals surface area contributed by atoms with Gasteiger partial charge in [0.05, 0.1) is 5.56 Å². The fraction of sp³-hybridized carbons (Fsp3) is 0. The van der Waals surface area contributed by atoms with Crippen LogP contribution in [0.15, 0.2) is 151 Å². The fourth-order valence-electron chi connectivity index (χ4n) is 4.30. The Bertz CT molecular complexity index is 1640. The van der Waals surface area contributed by atoms with Gasteiger partial charge in [-0.1, -0.05) is 121 Å². The molecule has 5 rings (SSSR count). The van der Waals surface area contributed by atoms with Crippen molar-refractivity contribution in [2.24, 2.45) is 0 Å². The van der Waals surface area contributed by atoms with Crippen LogP contribution >= 0.6 is 0 Å². The third-order valence-electron chi connectivity index (χ3n) is 6.16. The van der Waals surface area contributed by atoms with Gasteiger partial charge in [-0.25, -0.2) is 9.36 Å². The topological polar surface area (TPSA) is 51.1 Å². The summed E-state index contributed by atoms with van der Waals surface area (Å²) in [7, 11) is 0. The molecule has 4 nitrogen and oxygen atoms in total. The highest BCUT2D eigenvalue weighted by Crippen LogP contribution is 2.29. The molecule has 0 aliphatic carbocycles. The van der Waals surface area contributed by atoms with E-state index in [1.54, 1.807) is 6.20 Å². The minimum Gasteiger partial charge on any atom is -0.314 e. The highest BCUT2D eigenvalue weighted by molar-refractivity contribution is 5.89. The van der Waals surface area contributed by atoms with Crippen LogP contribution in [0.1, 0.15) is 11.1 Å². The molecule has 0 aliphatic rings. The first kappa shape index (κ1) is 24.5. The lowest BCUT2D eigenvalue weighted by Crippen LogP contribution is -2.34. The van der Waals surface area contributed by atoms with Crippen LogP contribution in [-0.4, -0.2) is 10.6 Å². The molecule has 0 bridgehead atoms. The molecular formula is C34H26N2O2. The van der Waals surface area contributed by atoms with Gasteiger partial charge in [0.1, 0.15) is 0 Å². The van der Waals surface area contributed by atoms with Gasteiger partial charge in [0, 0.05) is 12.4 Å². The van der Waals surface area contributed by atoms with Crippen molar-refractivity contribution in [1.82, 2.24) is 9.88 Å². The van der Waals surface area contributed by atoms with E-state index in [9.17, 15) is 9.59 Å². The van der Waals surface area contributed by atoms with Crippen molar-refractivity contribution in [2.75, 3.05) is 0 Å². The average Bonchev–Trinajstić information content (AvgIpc) is 2.98. The Labute approximate surface area is 221 Å². The van der Waals surface area contributed by atoms with Crippen LogP contribution in [0.5, 0.6) is 0 Å². The zero-order valence-electron chi connectivity index (χ0n) is 20.7. The number of carbonyl (C=O) groups is 1. The van der Waals surface area contributed by atoms with E-state index in [-0.39, 0.29) is 5.56 Å². The summed E-state index contributed by atoms with van der Waals surface area (Å²) in [6.07, 6.45) is 6.98. The number of rotatable bonds is 6. The van der Waals surface area contributed by atoms with Gasteiger partial charge in [-0.3, -0.25) is 4.79 Å². The van der Waals surface area contributed by atoms with E-state index >= 15 is 0 Å². The summed E-state index contributed by atoms with van der Waals surface area (Å²) < 4.78 is 1.11. The molecule has 1 heterocycles. The third-order valence-corrected chi connectivity index (χ3v) is 6.16. The van der Waals surface area contributed by atoms with Crippen LogP contribution in [0.4, 0.5) is 4.79 Å². The van der Waals surface area contributed by atoms with E-state index in [1.807, 2.05) is 140 Å². The van der Waals surface area contributed by atoms with Gasteiger partial charge in [0.15, 0.2) is 0 Å². The predicted molar refractivity (Wildman–Crippen MR) is 155 cm³/mol. The molecule has 1 aromatic heterocycles. The summed E-state index contributed by atoms with van der Waals surface area (Å²) >= 11 is 0. The van der Waals surface area contributed by atoms with Gasteiger partial charge >= 0.3 is 6.03 Å². The monoisotopic (exact) mass is 494 g/mol. The predicted octanol–water partition coefficient (Wildman–Crippen LogP) is 7.49. The van der Waals surface area contributed by atoms with Crippen molar-refractivity contribution in [3.8, 4) is 22.3 Å². The maximum atomic E-state index is 13.6. The number of benzene rings is 4. The first-order valence-corrected chi connectivity index (χ1v) is 12.4. The van der Waals surface area contributed by atoms with Gasteiger partial charge in [-0.05, 0) is 51.6 Å². The summed E-state index contributed by atoms with van der Waals surface area (Å²) in [5.74, 6) is 0. The molecule has 184 valence electrons. The highest BCUT2D eigenvalue weighted by Gasteiger charge is 2.16. The molecule has 5 aromatic rings. The molecule has 0 spiro atoms. The van der Waals surface area contributed by atoms with Crippen molar-refractivity contribution in [2.45, 2.75) is 0 Å². The molecule has 4 heteroatoms. The van der Waals surface area contributed by atoms with Gasteiger partial charge in [-0.15, -0.1) is 0 Å². The van der Waals surface area contributed by atoms with Gasteiger partial charge in [0.2, 0.25) is 0 Å². The van der Waals surface area contributed by atoms with Gasteiger partial charge < -0.3 is 5.32 Å². The average molecular weight is 495 g/mol. The Hall–Kier alpha value is -5.22. The Balaban J connectivity index is 1.47. The van der Waals surface area contributed by atoms with Crippen molar-refractivity contribution in [1.29, 1.82) is 0 Å². The van der Waals surface area contributed by atoms with Crippen LogP contribution in [0.2, 0.25) is 0 Å². The van der Waals surface area contributed by atoms with Crippen LogP contribution < -0.4 is 10.9 Å². The number of allylic oxidation sites excluding steroid dienone is 2. The lowest BCUT2D eigenvalue weighted by Gasteiger charge is -2.13. The smallest absolute Gasteiger partial charge is 0.314 e. The minimum atomic E-state index is -0.532. The molecule has 4 aromatic carbocycles. The second-order valence-electron chi connectivity index (χ2n) is 8.67. The molecular weight excluding hydrogens is 468 g/mol. The fourth-order valence-corrected chi connectivity index (χ4v) is 4.30. The van der Waals surface area contributed by atoms with Gasteiger partial charge in [0.25, 0.3) is 5.56 Å². The maximum absolute atomic E-state index is 13.6. The number of aromatic nitrogens is 1. The van der Waals surface area contributed by atoms with Crippen LogP contribution in [0.3, 0.4) is 0 Å². The molecule has 0 fully saturated rings. The first-order chi connectivity index (χ1) is 18.7. The second kappa shape index (κ2) is 11.7. The normalized spacial score (nSPS) is 11.4. The quantitative estimate of drug-likeness (QED) is 0.196. The number of amides is 1. The molecule has 0 saturated heterocycles. The summed E-state index contributed by atoms with van der Waals surface area (Å²) in [6.45, 7) is 0. The minimum absolute atomic E-state index is 0.383. The van der Waals surface area contributed by atoms with Crippen molar-refractivity contribution in [3.63, 3.8) is 0 Å². The first-order valence-electron chi connectivity index (χ1n) is 12.4. The zero-order chi connectivity index (χ0) is 26.2. The van der Waals surface area contributed by atoms with E-state index in [1.165, 1.54) is 6.20 Å². The van der Waals surface area contributed by atoms with Crippen molar-refractivity contribution in [3.05, 3.63) is 167 Å². The van der Waals surface area contributed by atoms with Gasteiger partial charge in [-0.2, -0.15) is 0 Å². The highest BCUT2D eigenvalue weighted by atomic mass is 16.2. The Morgan fingerprint density at radius 2 is 1.21 bits per heavy atom. The zero-order valence-corrected chi connectivity index (χ0v) is 20.7. The van der Waals surface area contributed by atoms with Crippen LogP contribution in [0, 0.1) is 0 Å². The second-order valence-corrected chi connectivity index (χ2v) is 8.67. The van der Waals surface area contributed by atoms with Crippen molar-refractivity contribution >= 4 is 17.7 Å². The standard InChI is InChI=1S/C34H26N2O2/c37-33-32(29-19-11-4-12-20-29)31(28-17-9-3-10-18-28)22-24-36(33)34(38)35-23-21-30(27-15-7-2-8-16-27)25-26-13-5-1-6-14-26/h1-25H,(H,35,38)/b23-21+,30-25-. The van der Waals surface area contributed by atoms with E-state index in [0.29, 0.717) is 5.56 Å². The molecule has 0 radical (unpaired) electrons. The van der Waals surface area contributed by atoms with E-state index < -0.39 is 6.03 Å². The summed E-state index contributed by atoms with van der Waals surface area (Å²) in [5, 5.41) is 2.77. The molecule has 0 aliphatic heterocycles. The summed E-state index contributed by atoms with van der Waals surface area (Å²) in [5.41, 5.74) is 5.52. The number of carbonyl (C=O) groups excluding carboxylic acids is 1. The molecule has 1 amide bonds. The Morgan fingerprint density at radius 3 is 1.84 bits per heavy atom. The number of hydrogen-bond acceptors (Lipinski definition) is 2.